The number of amides is 2. The largest absolute Gasteiger partial charge is 0.341 e. The fourth-order valence-electron chi connectivity index (χ4n) is 3.61. The third kappa shape index (κ3) is 3.51. The smallest absolute Gasteiger partial charge is 0.337 e. The second-order valence-corrected chi connectivity index (χ2v) is 6.92. The predicted octanol–water partition coefficient (Wildman–Crippen LogP) is 2.82. The van der Waals surface area contributed by atoms with E-state index in [0.717, 1.165) is 18.0 Å². The topological polar surface area (TPSA) is 64.9 Å². The lowest BCUT2D eigenvalue weighted by atomic mass is 10.0. The molecule has 3 heterocycles. The van der Waals surface area contributed by atoms with Crippen molar-refractivity contribution in [3.8, 4) is 0 Å². The molecule has 2 atom stereocenters. The highest BCUT2D eigenvalue weighted by molar-refractivity contribution is 5.79. The summed E-state index contributed by atoms with van der Waals surface area (Å²) in [5.41, 5.74) is 0.719. The van der Waals surface area contributed by atoms with Gasteiger partial charge in [0.2, 0.25) is 5.95 Å². The summed E-state index contributed by atoms with van der Waals surface area (Å²) in [4.78, 5) is 24.8. The maximum atomic E-state index is 13.6. The summed E-state index contributed by atoms with van der Waals surface area (Å²) in [6.45, 7) is 3.46. The number of hydrogen-bond acceptors (Lipinski definition) is 5. The maximum absolute atomic E-state index is 13.6. The molecular formula is C19H20F2N6O. The lowest BCUT2D eigenvalue weighted by Gasteiger charge is -2.41. The summed E-state index contributed by atoms with van der Waals surface area (Å²) in [6, 6.07) is 5.62. The number of aromatic nitrogens is 2. The second-order valence-electron chi connectivity index (χ2n) is 6.92. The van der Waals surface area contributed by atoms with Crippen LogP contribution in [0.25, 0.3) is 0 Å². The number of rotatable bonds is 2. The van der Waals surface area contributed by atoms with Crippen LogP contribution in [0, 0.1) is 11.6 Å². The van der Waals surface area contributed by atoms with Crippen molar-refractivity contribution in [3.05, 3.63) is 53.9 Å². The molecule has 0 saturated carbocycles. The monoisotopic (exact) mass is 386 g/mol. The van der Waals surface area contributed by atoms with Crippen LogP contribution in [0.4, 0.5) is 19.5 Å². The van der Waals surface area contributed by atoms with Crippen LogP contribution in [0.3, 0.4) is 0 Å². The second kappa shape index (κ2) is 7.49. The molecule has 28 heavy (non-hydrogen) atoms. The summed E-state index contributed by atoms with van der Waals surface area (Å²) >= 11 is 0. The molecule has 4 rings (SSSR count). The number of halogens is 2. The lowest BCUT2D eigenvalue weighted by Crippen LogP contribution is -2.57. The van der Waals surface area contributed by atoms with Crippen molar-refractivity contribution in [2.75, 3.05) is 24.5 Å². The van der Waals surface area contributed by atoms with E-state index < -0.39 is 5.82 Å². The first-order valence-corrected chi connectivity index (χ1v) is 9.13. The molecule has 1 saturated heterocycles. The van der Waals surface area contributed by atoms with E-state index in [0.29, 0.717) is 32.0 Å². The number of benzene rings is 1. The Morgan fingerprint density at radius 3 is 2.64 bits per heavy atom. The van der Waals surface area contributed by atoms with Crippen molar-refractivity contribution in [2.45, 2.75) is 25.4 Å². The molecule has 0 aliphatic carbocycles. The number of carbonyl (C=O) groups is 1. The van der Waals surface area contributed by atoms with Gasteiger partial charge in [-0.3, -0.25) is 0 Å². The molecule has 7 nitrogen and oxygen atoms in total. The lowest BCUT2D eigenvalue weighted by molar-refractivity contribution is 0.121. The van der Waals surface area contributed by atoms with Crippen LogP contribution in [0.2, 0.25) is 0 Å². The van der Waals surface area contributed by atoms with Crippen LogP contribution in [0.15, 0.2) is 41.8 Å². The van der Waals surface area contributed by atoms with Gasteiger partial charge in [0, 0.05) is 38.3 Å². The zero-order valence-electron chi connectivity index (χ0n) is 15.4. The average molecular weight is 386 g/mol. The molecule has 1 aromatic carbocycles. The van der Waals surface area contributed by atoms with E-state index >= 15 is 0 Å². The molecule has 146 valence electrons. The van der Waals surface area contributed by atoms with Gasteiger partial charge in [-0.15, -0.1) is 0 Å². The van der Waals surface area contributed by atoms with Crippen molar-refractivity contribution < 1.29 is 13.6 Å². The van der Waals surface area contributed by atoms with Gasteiger partial charge in [-0.1, -0.05) is 12.1 Å². The van der Waals surface area contributed by atoms with Crippen molar-refractivity contribution >= 4 is 18.2 Å². The summed E-state index contributed by atoms with van der Waals surface area (Å²) in [5.74, 6) is -0.379. The van der Waals surface area contributed by atoms with Crippen LogP contribution in [0.5, 0.6) is 0 Å². The van der Waals surface area contributed by atoms with Gasteiger partial charge in [0.05, 0.1) is 18.4 Å². The van der Waals surface area contributed by atoms with Crippen LogP contribution in [0.1, 0.15) is 24.9 Å². The highest BCUT2D eigenvalue weighted by Crippen LogP contribution is 2.30. The van der Waals surface area contributed by atoms with Crippen LogP contribution < -0.4 is 4.90 Å². The van der Waals surface area contributed by atoms with E-state index in [9.17, 15) is 13.6 Å². The average Bonchev–Trinajstić information content (AvgIpc) is 3.18. The SMILES string of the molecule is C[C@H]1CN(c2ncc(F)cn2)CCN1C(=O)N1N=CC[C@@H]1c1cccc(F)c1. The number of anilines is 1. The Kier molecular flexibility index (Phi) is 4.89. The van der Waals surface area contributed by atoms with Gasteiger partial charge in [0.1, 0.15) is 5.82 Å². The van der Waals surface area contributed by atoms with Gasteiger partial charge in [-0.2, -0.15) is 5.10 Å². The van der Waals surface area contributed by atoms with Crippen molar-refractivity contribution in [2.24, 2.45) is 5.10 Å². The molecule has 2 amide bonds. The number of urea groups is 1. The van der Waals surface area contributed by atoms with Crippen molar-refractivity contribution in [1.82, 2.24) is 19.9 Å². The van der Waals surface area contributed by atoms with Crippen molar-refractivity contribution in [1.29, 1.82) is 0 Å². The first-order chi connectivity index (χ1) is 13.5. The number of hydrogen-bond donors (Lipinski definition) is 0. The molecule has 1 aromatic heterocycles. The minimum Gasteiger partial charge on any atom is -0.337 e. The Morgan fingerprint density at radius 1 is 1.14 bits per heavy atom. The third-order valence-corrected chi connectivity index (χ3v) is 5.02. The molecule has 2 aliphatic heterocycles. The van der Waals surface area contributed by atoms with Crippen LogP contribution in [-0.2, 0) is 0 Å². The van der Waals surface area contributed by atoms with E-state index in [1.165, 1.54) is 17.1 Å². The van der Waals surface area contributed by atoms with Crippen LogP contribution >= 0.6 is 0 Å². The minimum absolute atomic E-state index is 0.112. The molecule has 1 fully saturated rings. The van der Waals surface area contributed by atoms with Crippen LogP contribution in [-0.4, -0.2) is 57.8 Å². The predicted molar refractivity (Wildman–Crippen MR) is 99.9 cm³/mol. The Hall–Kier alpha value is -3.10. The normalized spacial score (nSPS) is 22.0. The highest BCUT2D eigenvalue weighted by Gasteiger charge is 2.36. The van der Waals surface area contributed by atoms with Gasteiger partial charge in [0.25, 0.3) is 0 Å². The third-order valence-electron chi connectivity index (χ3n) is 5.02. The summed E-state index contributed by atoms with van der Waals surface area (Å²) < 4.78 is 26.6. The Labute approximate surface area is 161 Å². The Bertz CT molecular complexity index is 890. The van der Waals surface area contributed by atoms with E-state index in [1.807, 2.05) is 11.8 Å². The molecule has 2 aliphatic rings. The summed E-state index contributed by atoms with van der Waals surface area (Å²) in [7, 11) is 0. The first-order valence-electron chi connectivity index (χ1n) is 9.13. The van der Waals surface area contributed by atoms with E-state index in [2.05, 4.69) is 15.1 Å². The van der Waals surface area contributed by atoms with E-state index in [1.54, 1.807) is 23.2 Å². The van der Waals surface area contributed by atoms with Crippen molar-refractivity contribution in [3.63, 3.8) is 0 Å². The fraction of sp³-hybridized carbons (Fsp3) is 0.368. The summed E-state index contributed by atoms with van der Waals surface area (Å²) in [5, 5.41) is 5.66. The molecule has 0 unspecified atom stereocenters. The Morgan fingerprint density at radius 2 is 1.93 bits per heavy atom. The van der Waals surface area contributed by atoms with Gasteiger partial charge in [0.15, 0.2) is 5.82 Å². The standard InChI is InChI=1S/C19H20F2N6O/c1-13-12-25(18-22-10-16(21)11-23-18)7-8-26(13)19(28)27-17(5-6-24-27)14-3-2-4-15(20)9-14/h2-4,6,9-11,13,17H,5,7-8,12H2,1H3/t13-,17+/m0/s1. The molecular weight excluding hydrogens is 366 g/mol. The molecule has 0 spiro atoms. The number of piperazine rings is 1. The number of carbonyl (C=O) groups excluding carboxylic acids is 1. The van der Waals surface area contributed by atoms with Gasteiger partial charge < -0.3 is 9.80 Å². The molecule has 2 aromatic rings. The zero-order valence-corrected chi connectivity index (χ0v) is 15.4. The molecule has 0 N–H and O–H groups in total. The molecule has 0 radical (unpaired) electrons. The Balaban J connectivity index is 1.46. The summed E-state index contributed by atoms with van der Waals surface area (Å²) in [6.07, 6.45) is 4.49. The number of nitrogens with zero attached hydrogens (tertiary/aromatic N) is 6. The zero-order chi connectivity index (χ0) is 19.7. The quantitative estimate of drug-likeness (QED) is 0.796. The molecule has 9 heteroatoms. The highest BCUT2D eigenvalue weighted by atomic mass is 19.1. The van der Waals surface area contributed by atoms with E-state index in [4.69, 9.17) is 0 Å². The minimum atomic E-state index is -0.485. The maximum Gasteiger partial charge on any atom is 0.341 e. The van der Waals surface area contributed by atoms with Gasteiger partial charge in [-0.05, 0) is 24.6 Å². The van der Waals surface area contributed by atoms with E-state index in [-0.39, 0.29) is 23.9 Å². The fourth-order valence-corrected chi connectivity index (χ4v) is 3.61. The first kappa shape index (κ1) is 18.3. The van der Waals surface area contributed by atoms with Gasteiger partial charge >= 0.3 is 6.03 Å². The van der Waals surface area contributed by atoms with Gasteiger partial charge in [-0.25, -0.2) is 28.6 Å². The molecule has 0 bridgehead atoms. The number of hydrazone groups is 1.